The Kier molecular flexibility index (Phi) is 4.74. The van der Waals surface area contributed by atoms with E-state index in [2.05, 4.69) is 23.7 Å². The van der Waals surface area contributed by atoms with Gasteiger partial charge in [-0.25, -0.2) is 9.78 Å². The highest BCUT2D eigenvalue weighted by Crippen LogP contribution is 2.33. The van der Waals surface area contributed by atoms with Crippen LogP contribution in [0.4, 0.5) is 5.13 Å². The van der Waals surface area contributed by atoms with Crippen LogP contribution in [-0.2, 0) is 0 Å². The fourth-order valence-corrected chi connectivity index (χ4v) is 3.06. The lowest BCUT2D eigenvalue weighted by Gasteiger charge is -2.18. The molecule has 1 N–H and O–H groups in total. The SMILES string of the molecule is CCCN(CC)c1nc(-c2ccccc2)c(C(=O)O)s1. The summed E-state index contributed by atoms with van der Waals surface area (Å²) in [4.78, 5) is 18.4. The van der Waals surface area contributed by atoms with Crippen LogP contribution >= 0.6 is 11.3 Å². The van der Waals surface area contributed by atoms with Crippen molar-refractivity contribution < 1.29 is 9.90 Å². The molecule has 5 heteroatoms. The summed E-state index contributed by atoms with van der Waals surface area (Å²) >= 11 is 1.25. The topological polar surface area (TPSA) is 53.4 Å². The Balaban J connectivity index is 2.46. The van der Waals surface area contributed by atoms with Crippen LogP contribution in [0.5, 0.6) is 0 Å². The van der Waals surface area contributed by atoms with Crippen molar-refractivity contribution in [3.05, 3.63) is 35.2 Å². The van der Waals surface area contributed by atoms with Crippen molar-refractivity contribution in [2.24, 2.45) is 0 Å². The van der Waals surface area contributed by atoms with E-state index < -0.39 is 5.97 Å². The van der Waals surface area contributed by atoms with Gasteiger partial charge in [-0.05, 0) is 13.3 Å². The molecular weight excluding hydrogens is 272 g/mol. The summed E-state index contributed by atoms with van der Waals surface area (Å²) in [6.07, 6.45) is 1.01. The molecule has 0 aliphatic heterocycles. The van der Waals surface area contributed by atoms with E-state index in [0.717, 1.165) is 30.2 Å². The Bertz CT molecular complexity index is 581. The lowest BCUT2D eigenvalue weighted by atomic mass is 10.1. The third-order valence-electron chi connectivity index (χ3n) is 3.00. The van der Waals surface area contributed by atoms with Gasteiger partial charge in [-0.15, -0.1) is 0 Å². The van der Waals surface area contributed by atoms with Crippen LogP contribution in [0.25, 0.3) is 11.3 Å². The first-order valence-electron chi connectivity index (χ1n) is 6.71. The third-order valence-corrected chi connectivity index (χ3v) is 4.11. The summed E-state index contributed by atoms with van der Waals surface area (Å²) in [6, 6.07) is 9.47. The highest BCUT2D eigenvalue weighted by atomic mass is 32.1. The van der Waals surface area contributed by atoms with Gasteiger partial charge in [0.05, 0.1) is 5.69 Å². The second kappa shape index (κ2) is 6.52. The number of benzene rings is 1. The lowest BCUT2D eigenvalue weighted by Crippen LogP contribution is -2.23. The molecule has 20 heavy (non-hydrogen) atoms. The van der Waals surface area contributed by atoms with E-state index in [-0.39, 0.29) is 0 Å². The highest BCUT2D eigenvalue weighted by Gasteiger charge is 2.20. The number of carbonyl (C=O) groups is 1. The molecule has 2 rings (SSSR count). The molecule has 106 valence electrons. The van der Waals surface area contributed by atoms with Crippen molar-refractivity contribution in [1.29, 1.82) is 0 Å². The van der Waals surface area contributed by atoms with Crippen LogP contribution in [0.3, 0.4) is 0 Å². The Labute approximate surface area is 122 Å². The van der Waals surface area contributed by atoms with Crippen molar-refractivity contribution in [3.63, 3.8) is 0 Å². The fraction of sp³-hybridized carbons (Fsp3) is 0.333. The zero-order valence-electron chi connectivity index (χ0n) is 11.7. The van der Waals surface area contributed by atoms with E-state index in [1.165, 1.54) is 11.3 Å². The van der Waals surface area contributed by atoms with Crippen LogP contribution < -0.4 is 4.90 Å². The normalized spacial score (nSPS) is 10.5. The second-order valence-corrected chi connectivity index (χ2v) is 5.40. The number of hydrogen-bond donors (Lipinski definition) is 1. The maximum Gasteiger partial charge on any atom is 0.348 e. The second-order valence-electron chi connectivity index (χ2n) is 4.43. The third kappa shape index (κ3) is 2.99. The number of aromatic nitrogens is 1. The minimum Gasteiger partial charge on any atom is -0.477 e. The molecule has 0 radical (unpaired) electrons. The van der Waals surface area contributed by atoms with E-state index >= 15 is 0 Å². The highest BCUT2D eigenvalue weighted by molar-refractivity contribution is 7.17. The molecule has 0 atom stereocenters. The zero-order chi connectivity index (χ0) is 14.5. The van der Waals surface area contributed by atoms with Crippen molar-refractivity contribution >= 4 is 22.4 Å². The number of rotatable bonds is 6. The zero-order valence-corrected chi connectivity index (χ0v) is 12.5. The lowest BCUT2D eigenvalue weighted by molar-refractivity contribution is 0.0702. The van der Waals surface area contributed by atoms with Gasteiger partial charge in [0.1, 0.15) is 4.88 Å². The Morgan fingerprint density at radius 2 is 2.00 bits per heavy atom. The van der Waals surface area contributed by atoms with E-state index in [0.29, 0.717) is 10.6 Å². The maximum atomic E-state index is 11.4. The number of nitrogens with zero attached hydrogens (tertiary/aromatic N) is 2. The standard InChI is InChI=1S/C15H18N2O2S/c1-3-10-17(4-2)15-16-12(13(20-15)14(18)19)11-8-6-5-7-9-11/h5-9H,3-4,10H2,1-2H3,(H,18,19). The van der Waals surface area contributed by atoms with Gasteiger partial charge in [-0.3, -0.25) is 0 Å². The van der Waals surface area contributed by atoms with Gasteiger partial charge >= 0.3 is 5.97 Å². The molecule has 4 nitrogen and oxygen atoms in total. The van der Waals surface area contributed by atoms with E-state index in [1.807, 2.05) is 30.3 Å². The number of hydrogen-bond acceptors (Lipinski definition) is 4. The van der Waals surface area contributed by atoms with E-state index in [9.17, 15) is 9.90 Å². The molecule has 1 aromatic heterocycles. The summed E-state index contributed by atoms with van der Waals surface area (Å²) in [5.74, 6) is -0.917. The number of thiazole rings is 1. The predicted octanol–water partition coefficient (Wildman–Crippen LogP) is 3.74. The first kappa shape index (κ1) is 14.5. The number of carboxylic acids is 1. The van der Waals surface area contributed by atoms with Crippen LogP contribution in [0.1, 0.15) is 29.9 Å². The molecule has 0 saturated heterocycles. The minimum absolute atomic E-state index is 0.306. The molecule has 0 amide bonds. The van der Waals surface area contributed by atoms with Gasteiger partial charge < -0.3 is 10.0 Å². The van der Waals surface area contributed by atoms with Crippen molar-refractivity contribution in [3.8, 4) is 11.3 Å². The first-order chi connectivity index (χ1) is 9.67. The van der Waals surface area contributed by atoms with Gasteiger partial charge in [0, 0.05) is 18.7 Å². The molecule has 0 aliphatic carbocycles. The van der Waals surface area contributed by atoms with Crippen molar-refractivity contribution in [1.82, 2.24) is 4.98 Å². The molecule has 0 saturated carbocycles. The summed E-state index contributed by atoms with van der Waals surface area (Å²) in [5, 5.41) is 10.2. The largest absolute Gasteiger partial charge is 0.477 e. The molecule has 2 aromatic rings. The monoisotopic (exact) mass is 290 g/mol. The molecule has 0 fully saturated rings. The Hall–Kier alpha value is -1.88. The molecule has 0 aliphatic rings. The molecule has 1 heterocycles. The quantitative estimate of drug-likeness (QED) is 0.880. The molecule has 0 spiro atoms. The summed E-state index contributed by atoms with van der Waals surface area (Å²) in [6.45, 7) is 5.87. The molecular formula is C15H18N2O2S. The fourth-order valence-electron chi connectivity index (χ4n) is 2.04. The van der Waals surface area contributed by atoms with E-state index in [4.69, 9.17) is 0 Å². The maximum absolute atomic E-state index is 11.4. The average molecular weight is 290 g/mol. The number of aromatic carboxylic acids is 1. The summed E-state index contributed by atoms with van der Waals surface area (Å²) < 4.78 is 0. The van der Waals surface area contributed by atoms with Gasteiger partial charge in [-0.1, -0.05) is 48.6 Å². The van der Waals surface area contributed by atoms with Gasteiger partial charge in [-0.2, -0.15) is 0 Å². The van der Waals surface area contributed by atoms with Crippen LogP contribution in [0.15, 0.2) is 30.3 Å². The average Bonchev–Trinajstić information content (AvgIpc) is 2.91. The van der Waals surface area contributed by atoms with Gasteiger partial charge in [0.25, 0.3) is 0 Å². The molecule has 1 aromatic carbocycles. The number of carboxylic acid groups (broad SMARTS) is 1. The molecule has 0 bridgehead atoms. The molecule has 0 unspecified atom stereocenters. The van der Waals surface area contributed by atoms with E-state index in [1.54, 1.807) is 0 Å². The van der Waals surface area contributed by atoms with Crippen molar-refractivity contribution in [2.75, 3.05) is 18.0 Å². The van der Waals surface area contributed by atoms with Gasteiger partial charge in [0.15, 0.2) is 5.13 Å². The summed E-state index contributed by atoms with van der Waals surface area (Å²) in [7, 11) is 0. The van der Waals surface area contributed by atoms with Gasteiger partial charge in [0.2, 0.25) is 0 Å². The van der Waals surface area contributed by atoms with Crippen molar-refractivity contribution in [2.45, 2.75) is 20.3 Å². The predicted molar refractivity (Wildman–Crippen MR) is 82.7 cm³/mol. The van der Waals surface area contributed by atoms with Crippen LogP contribution in [-0.4, -0.2) is 29.1 Å². The number of anilines is 1. The first-order valence-corrected chi connectivity index (χ1v) is 7.53. The smallest absolute Gasteiger partial charge is 0.348 e. The minimum atomic E-state index is -0.917. The van der Waals surface area contributed by atoms with Crippen LogP contribution in [0, 0.1) is 0 Å². The van der Waals surface area contributed by atoms with Crippen LogP contribution in [0.2, 0.25) is 0 Å². The Morgan fingerprint density at radius 3 is 2.55 bits per heavy atom. The summed E-state index contributed by atoms with van der Waals surface area (Å²) in [5.41, 5.74) is 1.41. The Morgan fingerprint density at radius 1 is 1.30 bits per heavy atom.